The summed E-state index contributed by atoms with van der Waals surface area (Å²) in [5.41, 5.74) is 5.26. The summed E-state index contributed by atoms with van der Waals surface area (Å²) in [5, 5.41) is 43.6. The number of likely N-dealkylation sites (tertiary alicyclic amines) is 2. The first kappa shape index (κ1) is 52.0. The lowest BCUT2D eigenvalue weighted by atomic mass is 9.87. The number of nitrogens with one attached hydrogen (secondary N) is 2. The van der Waals surface area contributed by atoms with Crippen molar-refractivity contribution in [1.29, 1.82) is 0 Å². The van der Waals surface area contributed by atoms with Crippen molar-refractivity contribution >= 4 is 46.0 Å². The third-order valence-electron chi connectivity index (χ3n) is 17.8. The average Bonchev–Trinajstić information content (AvgIpc) is 4.33. The zero-order valence-electron chi connectivity index (χ0n) is 45.1. The Hall–Kier alpha value is -7.35. The molecule has 4 saturated heterocycles. The number of oxime groups is 1. The van der Waals surface area contributed by atoms with Gasteiger partial charge in [0.25, 0.3) is 5.88 Å². The predicted octanol–water partition coefficient (Wildman–Crippen LogP) is 9.50. The highest BCUT2D eigenvalue weighted by molar-refractivity contribution is 6.32. The van der Waals surface area contributed by atoms with Crippen LogP contribution in [0.4, 0.5) is 16.0 Å². The van der Waals surface area contributed by atoms with Crippen LogP contribution in [0.5, 0.6) is 11.6 Å². The number of aliphatic hydroxyl groups excluding tert-OH is 1. The van der Waals surface area contributed by atoms with Crippen LogP contribution in [-0.4, -0.2) is 131 Å². The van der Waals surface area contributed by atoms with E-state index >= 15 is 0 Å². The number of ether oxygens (including phenoxy) is 1. The number of amidine groups is 1. The molecule has 6 aliphatic rings. The number of aromatic hydroxyl groups is 1. The number of β-amino-alcohol motifs (C(OH)–C–C–N with tert-alkyl or cyclic N) is 1. The molecule has 0 spiro atoms. The van der Waals surface area contributed by atoms with Gasteiger partial charge >= 0.3 is 0 Å². The number of hydrogen-bond donors (Lipinski definition) is 4. The summed E-state index contributed by atoms with van der Waals surface area (Å²) in [6.07, 6.45) is 13.5. The molecule has 9 heterocycles. The zero-order chi connectivity index (χ0) is 54.8. The van der Waals surface area contributed by atoms with E-state index in [9.17, 15) is 19.4 Å². The number of phenolic OH excluding ortho intramolecular Hbond substituents is 1. The van der Waals surface area contributed by atoms with E-state index in [1.165, 1.54) is 11.6 Å². The molecule has 13 rings (SSSR count). The first-order valence-electron chi connectivity index (χ1n) is 28.3. The Morgan fingerprint density at radius 3 is 2.29 bits per heavy atom. The minimum Gasteiger partial charge on any atom is -0.507 e. The fourth-order valence-electron chi connectivity index (χ4n) is 13.5. The maximum Gasteiger partial charge on any atom is 0.273 e. The van der Waals surface area contributed by atoms with Gasteiger partial charge in [-0.15, -0.1) is 10.2 Å². The van der Waals surface area contributed by atoms with Gasteiger partial charge in [0.2, 0.25) is 17.6 Å². The number of aliphatic hydroxyl groups is 1. The number of anilines is 2. The first-order valence-corrected chi connectivity index (χ1v) is 28.7. The largest absolute Gasteiger partial charge is 0.507 e. The molecule has 3 aromatic carbocycles. The normalized spacial score (nSPS) is 25.7. The molecule has 5 aliphatic heterocycles. The van der Waals surface area contributed by atoms with Crippen molar-refractivity contribution in [3.63, 3.8) is 0 Å². The lowest BCUT2D eigenvalue weighted by Gasteiger charge is -2.42. The Morgan fingerprint density at radius 2 is 1.57 bits per heavy atom. The molecule has 0 radical (unpaired) electrons. The molecule has 20 heteroatoms. The van der Waals surface area contributed by atoms with Gasteiger partial charge in [0, 0.05) is 91.8 Å². The molecule has 6 atom stereocenters. The highest BCUT2D eigenvalue weighted by atomic mass is 35.5. The molecule has 4 aromatic heterocycles. The van der Waals surface area contributed by atoms with Crippen molar-refractivity contribution < 1.29 is 33.5 Å². The van der Waals surface area contributed by atoms with Crippen LogP contribution >= 0.6 is 11.6 Å². The fourth-order valence-corrected chi connectivity index (χ4v) is 13.7. The highest BCUT2D eigenvalue weighted by Crippen LogP contribution is 2.43. The first-order chi connectivity index (χ1) is 38.9. The van der Waals surface area contributed by atoms with Gasteiger partial charge < -0.3 is 54.2 Å². The van der Waals surface area contributed by atoms with Crippen LogP contribution in [0.2, 0.25) is 5.02 Å². The van der Waals surface area contributed by atoms with Crippen molar-refractivity contribution in [3.05, 3.63) is 125 Å². The van der Waals surface area contributed by atoms with Gasteiger partial charge in [-0.25, -0.2) is 14.4 Å². The smallest absolute Gasteiger partial charge is 0.273 e. The summed E-state index contributed by atoms with van der Waals surface area (Å²) >= 11 is 7.02. The minimum absolute atomic E-state index is 0.0939. The van der Waals surface area contributed by atoms with Gasteiger partial charge in [-0.2, -0.15) is 0 Å². The molecule has 1 aliphatic carbocycles. The summed E-state index contributed by atoms with van der Waals surface area (Å²) in [7, 11) is 0. The molecular formula is C60H66ClFN12O6. The van der Waals surface area contributed by atoms with E-state index in [0.29, 0.717) is 46.7 Å². The zero-order valence-corrected chi connectivity index (χ0v) is 45.8. The molecule has 18 nitrogen and oxygen atoms in total. The Labute approximate surface area is 468 Å². The molecule has 7 aromatic rings. The number of carbonyl (C=O) groups excluding carboxylic acids is 1. The Bertz CT molecular complexity index is 3400. The predicted molar refractivity (Wildman–Crippen MR) is 301 cm³/mol. The lowest BCUT2D eigenvalue weighted by Crippen LogP contribution is -2.54. The van der Waals surface area contributed by atoms with Gasteiger partial charge in [-0.1, -0.05) is 85.2 Å². The van der Waals surface area contributed by atoms with E-state index in [1.807, 2.05) is 69.4 Å². The summed E-state index contributed by atoms with van der Waals surface area (Å²) in [6, 6.07) is 23.7. The van der Waals surface area contributed by atoms with Crippen LogP contribution in [0.15, 0.2) is 107 Å². The number of piperazine rings is 1. The topological polar surface area (TPSA) is 207 Å². The molecule has 1 saturated carbocycles. The third kappa shape index (κ3) is 9.73. The van der Waals surface area contributed by atoms with Gasteiger partial charge in [0.1, 0.15) is 28.6 Å². The molecule has 1 amide bonds. The van der Waals surface area contributed by atoms with Crippen molar-refractivity contribution in [2.24, 2.45) is 11.1 Å². The number of amides is 1. The monoisotopic (exact) mass is 1100 g/mol. The molecule has 5 fully saturated rings. The standard InChI is InChI=1S/C60H66ClFN12O6/c1-34(2)52(58(77)73-33-42(75)26-49(73)56-66-60(3,80-69-56)38-14-12-36(13-15-38)44-8-4-6-10-47(44)62)54-53(61)57(70-79-54)78-43-20-18-39(19-21-43)71-24-22-35(23-25-71)37-28-64-59(65-29-37)74-40-16-17-41(74)32-72(31-40)50-30-63-55-46(50)27-48(67-68-55)45-9-5-7-11-51(45)76/h4-15,27-30,34-35,39-43,49,52,75-76H,16-26,31-33H2,1-3H3,(H,63,68)(H,66,69)/t39-,40?,41?,42-,43+,49+,52-,60-/m1/s1. The average molecular weight is 1110 g/mol. The van der Waals surface area contributed by atoms with E-state index < -0.39 is 23.8 Å². The second-order valence-corrected chi connectivity index (χ2v) is 23.5. The van der Waals surface area contributed by atoms with Crippen molar-refractivity contribution in [1.82, 2.24) is 45.4 Å². The second-order valence-electron chi connectivity index (χ2n) is 23.1. The summed E-state index contributed by atoms with van der Waals surface area (Å²) in [6.45, 7) is 9.53. The number of benzene rings is 3. The van der Waals surface area contributed by atoms with E-state index in [1.54, 1.807) is 35.2 Å². The maximum atomic E-state index is 14.6. The van der Waals surface area contributed by atoms with Crippen LogP contribution in [0.1, 0.15) is 107 Å². The quantitative estimate of drug-likeness (QED) is 0.0848. The lowest BCUT2D eigenvalue weighted by molar-refractivity contribution is -0.134. The molecular weight excluding hydrogens is 1040 g/mol. The van der Waals surface area contributed by atoms with Crippen LogP contribution < -0.4 is 19.9 Å². The highest BCUT2D eigenvalue weighted by Gasteiger charge is 2.48. The van der Waals surface area contributed by atoms with Crippen molar-refractivity contribution in [2.45, 2.75) is 132 Å². The number of aromatic amines is 1. The summed E-state index contributed by atoms with van der Waals surface area (Å²) in [5.74, 6) is 0.649. The molecule has 80 heavy (non-hydrogen) atoms. The fraction of sp³-hybridized carbons (Fsp3) is 0.450. The van der Waals surface area contributed by atoms with E-state index in [0.717, 1.165) is 111 Å². The van der Waals surface area contributed by atoms with E-state index in [-0.39, 0.29) is 59.1 Å². The number of para-hydroxylation sites is 1. The van der Waals surface area contributed by atoms with Crippen LogP contribution in [0, 0.1) is 11.7 Å². The molecule has 2 bridgehead atoms. The Balaban J connectivity index is 0.587. The third-order valence-corrected chi connectivity index (χ3v) is 18.1. The number of hydrogen-bond acceptors (Lipinski definition) is 16. The number of nitrogens with zero attached hydrogens (tertiary/aromatic N) is 10. The molecule has 4 N–H and O–H groups in total. The van der Waals surface area contributed by atoms with Crippen LogP contribution in [0.25, 0.3) is 33.4 Å². The second kappa shape index (κ2) is 21.3. The van der Waals surface area contributed by atoms with Gasteiger partial charge in [0.15, 0.2) is 17.2 Å². The SMILES string of the molecule is CC(C)[C@@H](C(=O)N1C[C@H](O)C[C@H]1C1=NO[C@](C)(c2ccc(-c3ccccc3F)cc2)N1)c1onc(O[C@H]2CC[C@@H](N3CCC(c4cnc(N5C6CCC5CN(c5c[nH]c7nnc(-c8ccccc8O)cc57)C6)nc4)CC3)CC2)c1Cl. The number of rotatable bonds is 13. The van der Waals surface area contributed by atoms with Crippen molar-refractivity contribution in [3.8, 4) is 34.0 Å². The number of aromatic nitrogens is 6. The van der Waals surface area contributed by atoms with Crippen LogP contribution in [-0.2, 0) is 15.4 Å². The number of H-pyrrole nitrogens is 1. The maximum absolute atomic E-state index is 14.6. The molecule has 416 valence electrons. The number of fused-ring (bicyclic) bond motifs is 3. The summed E-state index contributed by atoms with van der Waals surface area (Å²) < 4.78 is 26.9. The van der Waals surface area contributed by atoms with E-state index in [4.69, 9.17) is 35.7 Å². The minimum atomic E-state index is -1.06. The number of halogens is 2. The number of piperidine rings is 1. The summed E-state index contributed by atoms with van der Waals surface area (Å²) in [4.78, 5) is 43.1. The van der Waals surface area contributed by atoms with Gasteiger partial charge in [-0.05, 0) is 117 Å². The molecule has 2 unspecified atom stereocenters. The van der Waals surface area contributed by atoms with E-state index in [2.05, 4.69) is 57.9 Å². The van der Waals surface area contributed by atoms with Gasteiger partial charge in [0.05, 0.1) is 23.5 Å². The van der Waals surface area contributed by atoms with Gasteiger partial charge in [-0.3, -0.25) is 4.79 Å². The van der Waals surface area contributed by atoms with Crippen molar-refractivity contribution in [2.75, 3.05) is 42.5 Å². The Kier molecular flexibility index (Phi) is 13.8. The van der Waals surface area contributed by atoms with Crippen LogP contribution in [0.3, 0.4) is 0 Å². The number of phenols is 1. The Morgan fingerprint density at radius 1 is 0.875 bits per heavy atom. The number of carbonyl (C=O) groups is 1.